The average Bonchev–Trinajstić information content (AvgIpc) is 2.46. The third kappa shape index (κ3) is 2.73. The zero-order chi connectivity index (χ0) is 15.7. The summed E-state index contributed by atoms with van der Waals surface area (Å²) in [6.07, 6.45) is 1.35. The maximum atomic E-state index is 11.5. The standard InChI is InChI=1S/C17H13ClN2O2/c1-10-3-2-4-12(7-10)20-16-13-6-5-11(18)8-15(13)19-9-14(16)17(21)22/h2-9H,1H3,(H,19,20)(H,21,22). The van der Waals surface area contributed by atoms with Gasteiger partial charge in [0.25, 0.3) is 0 Å². The van der Waals surface area contributed by atoms with Gasteiger partial charge in [0, 0.05) is 22.3 Å². The highest BCUT2D eigenvalue weighted by Crippen LogP contribution is 2.30. The number of aromatic nitrogens is 1. The van der Waals surface area contributed by atoms with Crippen molar-refractivity contribution in [3.8, 4) is 0 Å². The predicted octanol–water partition coefficient (Wildman–Crippen LogP) is 4.64. The number of benzene rings is 2. The molecule has 4 nitrogen and oxygen atoms in total. The van der Waals surface area contributed by atoms with Crippen LogP contribution in [0.25, 0.3) is 10.9 Å². The summed E-state index contributed by atoms with van der Waals surface area (Å²) in [6, 6.07) is 12.9. The lowest BCUT2D eigenvalue weighted by Gasteiger charge is -2.13. The first-order valence-corrected chi connectivity index (χ1v) is 7.07. The van der Waals surface area contributed by atoms with Crippen LogP contribution in [-0.4, -0.2) is 16.1 Å². The first-order valence-electron chi connectivity index (χ1n) is 6.70. The van der Waals surface area contributed by atoms with Gasteiger partial charge < -0.3 is 10.4 Å². The molecule has 2 aromatic carbocycles. The third-order valence-corrected chi connectivity index (χ3v) is 3.58. The first-order chi connectivity index (χ1) is 10.5. The highest BCUT2D eigenvalue weighted by atomic mass is 35.5. The summed E-state index contributed by atoms with van der Waals surface area (Å²) in [5.74, 6) is -1.03. The van der Waals surface area contributed by atoms with Crippen LogP contribution in [0.4, 0.5) is 11.4 Å². The lowest BCUT2D eigenvalue weighted by atomic mass is 10.1. The third-order valence-electron chi connectivity index (χ3n) is 3.35. The Morgan fingerprint density at radius 1 is 1.23 bits per heavy atom. The van der Waals surface area contributed by atoms with Gasteiger partial charge in [-0.2, -0.15) is 0 Å². The molecule has 0 amide bonds. The van der Waals surface area contributed by atoms with E-state index in [0.29, 0.717) is 21.6 Å². The van der Waals surface area contributed by atoms with Crippen LogP contribution in [0.3, 0.4) is 0 Å². The van der Waals surface area contributed by atoms with Crippen LogP contribution < -0.4 is 5.32 Å². The molecule has 0 atom stereocenters. The molecule has 0 spiro atoms. The molecule has 22 heavy (non-hydrogen) atoms. The summed E-state index contributed by atoms with van der Waals surface area (Å²) in [5.41, 5.74) is 3.19. The van der Waals surface area contributed by atoms with Crippen LogP contribution in [-0.2, 0) is 0 Å². The Morgan fingerprint density at radius 3 is 2.77 bits per heavy atom. The lowest BCUT2D eigenvalue weighted by molar-refractivity contribution is 0.0697. The normalized spacial score (nSPS) is 10.6. The number of hydrogen-bond acceptors (Lipinski definition) is 3. The topological polar surface area (TPSA) is 62.2 Å². The van der Waals surface area contributed by atoms with E-state index < -0.39 is 5.97 Å². The number of carboxylic acid groups (broad SMARTS) is 1. The fraction of sp³-hybridized carbons (Fsp3) is 0.0588. The summed E-state index contributed by atoms with van der Waals surface area (Å²) in [4.78, 5) is 15.7. The van der Waals surface area contributed by atoms with Crippen molar-refractivity contribution in [2.75, 3.05) is 5.32 Å². The minimum Gasteiger partial charge on any atom is -0.478 e. The van der Waals surface area contributed by atoms with Gasteiger partial charge in [-0.1, -0.05) is 23.7 Å². The SMILES string of the molecule is Cc1cccc(Nc2c(C(=O)O)cnc3cc(Cl)ccc23)c1. The fourth-order valence-electron chi connectivity index (χ4n) is 2.33. The van der Waals surface area contributed by atoms with Crippen molar-refractivity contribution >= 4 is 39.8 Å². The van der Waals surface area contributed by atoms with Gasteiger partial charge in [0.1, 0.15) is 5.56 Å². The van der Waals surface area contributed by atoms with Crippen LogP contribution >= 0.6 is 11.6 Å². The quantitative estimate of drug-likeness (QED) is 0.739. The number of halogens is 1. The molecule has 3 aromatic rings. The number of rotatable bonds is 3. The Bertz CT molecular complexity index is 878. The molecular formula is C17H13ClN2O2. The molecule has 110 valence electrons. The lowest BCUT2D eigenvalue weighted by Crippen LogP contribution is -2.04. The highest BCUT2D eigenvalue weighted by molar-refractivity contribution is 6.31. The molecule has 0 aliphatic heterocycles. The van der Waals surface area contributed by atoms with Gasteiger partial charge in [-0.3, -0.25) is 4.98 Å². The van der Waals surface area contributed by atoms with E-state index in [4.69, 9.17) is 11.6 Å². The number of carbonyl (C=O) groups is 1. The number of pyridine rings is 1. The van der Waals surface area contributed by atoms with E-state index in [9.17, 15) is 9.90 Å². The van der Waals surface area contributed by atoms with Crippen LogP contribution in [0.1, 0.15) is 15.9 Å². The molecule has 1 aromatic heterocycles. The molecule has 0 bridgehead atoms. The van der Waals surface area contributed by atoms with E-state index in [0.717, 1.165) is 11.3 Å². The van der Waals surface area contributed by atoms with E-state index in [-0.39, 0.29) is 5.56 Å². The molecular weight excluding hydrogens is 300 g/mol. The Kier molecular flexibility index (Phi) is 3.69. The molecule has 1 heterocycles. The van der Waals surface area contributed by atoms with Gasteiger partial charge in [-0.15, -0.1) is 0 Å². The van der Waals surface area contributed by atoms with Gasteiger partial charge >= 0.3 is 5.97 Å². The monoisotopic (exact) mass is 312 g/mol. The van der Waals surface area contributed by atoms with Crippen molar-refractivity contribution in [1.82, 2.24) is 4.98 Å². The van der Waals surface area contributed by atoms with Gasteiger partial charge in [0.2, 0.25) is 0 Å². The summed E-state index contributed by atoms with van der Waals surface area (Å²) in [7, 11) is 0. The van der Waals surface area contributed by atoms with E-state index >= 15 is 0 Å². The van der Waals surface area contributed by atoms with Crippen LogP contribution in [0.5, 0.6) is 0 Å². The number of hydrogen-bond donors (Lipinski definition) is 2. The summed E-state index contributed by atoms with van der Waals surface area (Å²) in [5, 5.41) is 13.9. The van der Waals surface area contributed by atoms with Gasteiger partial charge in [-0.25, -0.2) is 4.79 Å². The predicted molar refractivity (Wildman–Crippen MR) is 88.2 cm³/mol. The number of fused-ring (bicyclic) bond motifs is 1. The smallest absolute Gasteiger partial charge is 0.339 e. The molecule has 0 saturated heterocycles. The summed E-state index contributed by atoms with van der Waals surface area (Å²) < 4.78 is 0. The second-order valence-electron chi connectivity index (χ2n) is 5.01. The second kappa shape index (κ2) is 5.66. The van der Waals surface area contributed by atoms with Crippen molar-refractivity contribution in [3.05, 3.63) is 64.8 Å². The largest absolute Gasteiger partial charge is 0.478 e. The van der Waals surface area contributed by atoms with Crippen molar-refractivity contribution in [2.24, 2.45) is 0 Å². The maximum absolute atomic E-state index is 11.5. The Balaban J connectivity index is 2.20. The summed E-state index contributed by atoms with van der Waals surface area (Å²) >= 11 is 5.98. The zero-order valence-corrected chi connectivity index (χ0v) is 12.6. The number of aromatic carboxylic acids is 1. The van der Waals surface area contributed by atoms with Gasteiger partial charge in [-0.05, 0) is 42.8 Å². The molecule has 2 N–H and O–H groups in total. The molecule has 0 aliphatic rings. The van der Waals surface area contributed by atoms with E-state index in [1.807, 2.05) is 31.2 Å². The molecule has 0 aliphatic carbocycles. The summed E-state index contributed by atoms with van der Waals surface area (Å²) in [6.45, 7) is 1.98. The van der Waals surface area contributed by atoms with Crippen molar-refractivity contribution in [1.29, 1.82) is 0 Å². The first kappa shape index (κ1) is 14.4. The number of nitrogens with zero attached hydrogens (tertiary/aromatic N) is 1. The molecule has 0 unspecified atom stereocenters. The minimum atomic E-state index is -1.03. The number of nitrogens with one attached hydrogen (secondary N) is 1. The van der Waals surface area contributed by atoms with Crippen LogP contribution in [0, 0.1) is 6.92 Å². The van der Waals surface area contributed by atoms with Crippen molar-refractivity contribution in [2.45, 2.75) is 6.92 Å². The van der Waals surface area contributed by atoms with Crippen LogP contribution in [0.15, 0.2) is 48.7 Å². The average molecular weight is 313 g/mol. The number of aryl methyl sites for hydroxylation is 1. The molecule has 5 heteroatoms. The second-order valence-corrected chi connectivity index (χ2v) is 5.44. The van der Waals surface area contributed by atoms with Crippen molar-refractivity contribution in [3.63, 3.8) is 0 Å². The maximum Gasteiger partial charge on any atom is 0.339 e. The number of carboxylic acids is 1. The molecule has 3 rings (SSSR count). The Morgan fingerprint density at radius 2 is 2.05 bits per heavy atom. The van der Waals surface area contributed by atoms with Crippen LogP contribution in [0.2, 0.25) is 5.02 Å². The van der Waals surface area contributed by atoms with E-state index in [1.165, 1.54) is 6.20 Å². The van der Waals surface area contributed by atoms with E-state index in [1.54, 1.807) is 18.2 Å². The Labute approximate surface area is 132 Å². The highest BCUT2D eigenvalue weighted by Gasteiger charge is 2.15. The Hall–Kier alpha value is -2.59. The van der Waals surface area contributed by atoms with E-state index in [2.05, 4.69) is 10.3 Å². The fourth-order valence-corrected chi connectivity index (χ4v) is 2.50. The molecule has 0 saturated carbocycles. The minimum absolute atomic E-state index is 0.122. The van der Waals surface area contributed by atoms with Gasteiger partial charge in [0.05, 0.1) is 11.2 Å². The van der Waals surface area contributed by atoms with Gasteiger partial charge in [0.15, 0.2) is 0 Å². The van der Waals surface area contributed by atoms with Crippen molar-refractivity contribution < 1.29 is 9.90 Å². The molecule has 0 fully saturated rings. The zero-order valence-electron chi connectivity index (χ0n) is 11.8. The number of anilines is 2. The molecule has 0 radical (unpaired) electrons.